The summed E-state index contributed by atoms with van der Waals surface area (Å²) in [6, 6.07) is 0. The number of carboxylic acids is 1. The van der Waals surface area contributed by atoms with Gasteiger partial charge in [0, 0.05) is 11.0 Å². The van der Waals surface area contributed by atoms with E-state index in [2.05, 4.69) is 27.8 Å². The predicted molar refractivity (Wildman–Crippen MR) is 55.0 cm³/mol. The lowest BCUT2D eigenvalue weighted by molar-refractivity contribution is -0.161. The molecular formula is C9H12BrNO3. The lowest BCUT2D eigenvalue weighted by Gasteiger charge is -2.35. The Labute approximate surface area is 90.5 Å². The third-order valence-corrected chi connectivity index (χ3v) is 2.77. The monoisotopic (exact) mass is 261 g/mol. The molecule has 0 bridgehead atoms. The van der Waals surface area contributed by atoms with E-state index in [1.807, 2.05) is 0 Å². The lowest BCUT2D eigenvalue weighted by Crippen LogP contribution is -2.51. The summed E-state index contributed by atoms with van der Waals surface area (Å²) in [5.41, 5.74) is -1.18. The Morgan fingerprint density at radius 2 is 2.07 bits per heavy atom. The SMILES string of the molecule is C=C(Br)CNC(=O)C1(C(=O)O)CCC1. The summed E-state index contributed by atoms with van der Waals surface area (Å²) in [7, 11) is 0. The van der Waals surface area contributed by atoms with E-state index in [4.69, 9.17) is 5.11 Å². The molecule has 1 amide bonds. The van der Waals surface area contributed by atoms with Gasteiger partial charge in [-0.15, -0.1) is 0 Å². The first-order valence-electron chi connectivity index (χ1n) is 4.34. The highest BCUT2D eigenvalue weighted by atomic mass is 79.9. The van der Waals surface area contributed by atoms with Gasteiger partial charge in [0.15, 0.2) is 0 Å². The zero-order valence-electron chi connectivity index (χ0n) is 7.68. The number of carbonyl (C=O) groups excluding carboxylic acids is 1. The molecule has 0 heterocycles. The molecule has 5 heteroatoms. The van der Waals surface area contributed by atoms with E-state index in [-0.39, 0.29) is 6.54 Å². The van der Waals surface area contributed by atoms with Crippen LogP contribution in [0.4, 0.5) is 0 Å². The Balaban J connectivity index is 2.57. The molecule has 0 unspecified atom stereocenters. The van der Waals surface area contributed by atoms with Crippen molar-refractivity contribution in [2.45, 2.75) is 19.3 Å². The van der Waals surface area contributed by atoms with Gasteiger partial charge in [-0.1, -0.05) is 28.9 Å². The molecule has 1 fully saturated rings. The maximum Gasteiger partial charge on any atom is 0.319 e. The lowest BCUT2D eigenvalue weighted by atomic mass is 9.68. The zero-order chi connectivity index (χ0) is 10.8. The third kappa shape index (κ3) is 1.97. The summed E-state index contributed by atoms with van der Waals surface area (Å²) in [6.07, 6.45) is 1.67. The Kier molecular flexibility index (Phi) is 3.31. The number of carboxylic acid groups (broad SMARTS) is 1. The van der Waals surface area contributed by atoms with Gasteiger partial charge < -0.3 is 10.4 Å². The van der Waals surface area contributed by atoms with E-state index in [1.165, 1.54) is 0 Å². The van der Waals surface area contributed by atoms with Gasteiger partial charge in [-0.3, -0.25) is 9.59 Å². The summed E-state index contributed by atoms with van der Waals surface area (Å²) in [5, 5.41) is 11.5. The maximum atomic E-state index is 11.5. The first kappa shape index (κ1) is 11.2. The average Bonchev–Trinajstić information content (AvgIpc) is 1.97. The van der Waals surface area contributed by atoms with Crippen molar-refractivity contribution in [1.82, 2.24) is 5.32 Å². The van der Waals surface area contributed by atoms with Crippen LogP contribution in [0.2, 0.25) is 0 Å². The molecular weight excluding hydrogens is 250 g/mol. The summed E-state index contributed by atoms with van der Waals surface area (Å²) in [4.78, 5) is 22.4. The van der Waals surface area contributed by atoms with Crippen molar-refractivity contribution in [3.63, 3.8) is 0 Å². The highest BCUT2D eigenvalue weighted by molar-refractivity contribution is 9.11. The molecule has 0 aromatic heterocycles. The van der Waals surface area contributed by atoms with Crippen LogP contribution in [0.1, 0.15) is 19.3 Å². The second-order valence-electron chi connectivity index (χ2n) is 3.44. The van der Waals surface area contributed by atoms with Crippen molar-refractivity contribution >= 4 is 27.8 Å². The van der Waals surface area contributed by atoms with Crippen molar-refractivity contribution in [2.24, 2.45) is 5.41 Å². The van der Waals surface area contributed by atoms with Crippen molar-refractivity contribution in [1.29, 1.82) is 0 Å². The fraction of sp³-hybridized carbons (Fsp3) is 0.556. The summed E-state index contributed by atoms with van der Waals surface area (Å²) in [6.45, 7) is 3.82. The van der Waals surface area contributed by atoms with Gasteiger partial charge in [0.1, 0.15) is 5.41 Å². The van der Waals surface area contributed by atoms with Gasteiger partial charge in [0.2, 0.25) is 5.91 Å². The second-order valence-corrected chi connectivity index (χ2v) is 4.56. The van der Waals surface area contributed by atoms with Crippen molar-refractivity contribution in [2.75, 3.05) is 6.54 Å². The maximum absolute atomic E-state index is 11.5. The average molecular weight is 262 g/mol. The summed E-state index contributed by atoms with van der Waals surface area (Å²) in [5.74, 6) is -1.43. The first-order chi connectivity index (χ1) is 6.49. The number of rotatable bonds is 4. The van der Waals surface area contributed by atoms with Crippen molar-refractivity contribution in [3.05, 3.63) is 11.1 Å². The number of halogens is 1. The molecule has 0 spiro atoms. The van der Waals surface area contributed by atoms with Gasteiger partial charge in [-0.2, -0.15) is 0 Å². The Hall–Kier alpha value is -0.840. The second kappa shape index (κ2) is 4.13. The van der Waals surface area contributed by atoms with Crippen LogP contribution < -0.4 is 5.32 Å². The highest BCUT2D eigenvalue weighted by Crippen LogP contribution is 2.41. The van der Waals surface area contributed by atoms with E-state index in [0.717, 1.165) is 6.42 Å². The molecule has 0 radical (unpaired) electrons. The van der Waals surface area contributed by atoms with Crippen LogP contribution in [0.25, 0.3) is 0 Å². The van der Waals surface area contributed by atoms with Gasteiger partial charge in [0.25, 0.3) is 0 Å². The number of aliphatic carboxylic acids is 1. The van der Waals surface area contributed by atoms with Crippen LogP contribution in [0.15, 0.2) is 11.1 Å². The van der Waals surface area contributed by atoms with Gasteiger partial charge in [-0.05, 0) is 12.8 Å². The summed E-state index contributed by atoms with van der Waals surface area (Å²) < 4.78 is 0.630. The Morgan fingerprint density at radius 1 is 1.50 bits per heavy atom. The molecule has 0 aliphatic heterocycles. The van der Waals surface area contributed by atoms with Gasteiger partial charge in [0.05, 0.1) is 0 Å². The molecule has 78 valence electrons. The molecule has 2 N–H and O–H groups in total. The summed E-state index contributed by atoms with van der Waals surface area (Å²) >= 11 is 3.09. The largest absolute Gasteiger partial charge is 0.480 e. The van der Waals surface area contributed by atoms with E-state index in [0.29, 0.717) is 17.3 Å². The molecule has 1 aliphatic carbocycles. The Bertz CT molecular complexity index is 284. The van der Waals surface area contributed by atoms with E-state index in [9.17, 15) is 9.59 Å². The minimum absolute atomic E-state index is 0.272. The topological polar surface area (TPSA) is 66.4 Å². The fourth-order valence-electron chi connectivity index (χ4n) is 1.41. The minimum Gasteiger partial charge on any atom is -0.480 e. The number of nitrogens with one attached hydrogen (secondary N) is 1. The van der Waals surface area contributed by atoms with Crippen LogP contribution >= 0.6 is 15.9 Å². The molecule has 0 aromatic carbocycles. The van der Waals surface area contributed by atoms with Crippen LogP contribution in [0.5, 0.6) is 0 Å². The van der Waals surface area contributed by atoms with E-state index >= 15 is 0 Å². The Morgan fingerprint density at radius 3 is 2.36 bits per heavy atom. The predicted octanol–water partition coefficient (Wildman–Crippen LogP) is 1.27. The van der Waals surface area contributed by atoms with Crippen molar-refractivity contribution < 1.29 is 14.7 Å². The van der Waals surface area contributed by atoms with Crippen LogP contribution in [-0.4, -0.2) is 23.5 Å². The molecule has 4 nitrogen and oxygen atoms in total. The molecule has 1 saturated carbocycles. The van der Waals surface area contributed by atoms with Crippen LogP contribution in [0, 0.1) is 5.41 Å². The zero-order valence-corrected chi connectivity index (χ0v) is 9.26. The minimum atomic E-state index is -1.18. The number of carbonyl (C=O) groups is 2. The molecule has 0 atom stereocenters. The number of hydrogen-bond acceptors (Lipinski definition) is 2. The fourth-order valence-corrected chi connectivity index (χ4v) is 1.55. The molecule has 1 aliphatic rings. The van der Waals surface area contributed by atoms with Crippen LogP contribution in [0.3, 0.4) is 0 Å². The molecule has 0 saturated heterocycles. The molecule has 14 heavy (non-hydrogen) atoms. The third-order valence-electron chi connectivity index (χ3n) is 2.49. The first-order valence-corrected chi connectivity index (χ1v) is 5.13. The normalized spacial score (nSPS) is 18.1. The van der Waals surface area contributed by atoms with Crippen molar-refractivity contribution in [3.8, 4) is 0 Å². The van der Waals surface area contributed by atoms with Crippen LogP contribution in [-0.2, 0) is 9.59 Å². The highest BCUT2D eigenvalue weighted by Gasteiger charge is 2.50. The van der Waals surface area contributed by atoms with Gasteiger partial charge in [-0.25, -0.2) is 0 Å². The smallest absolute Gasteiger partial charge is 0.319 e. The van der Waals surface area contributed by atoms with E-state index in [1.54, 1.807) is 0 Å². The number of amides is 1. The number of hydrogen-bond donors (Lipinski definition) is 2. The standard InChI is InChI=1S/C9H12BrNO3/c1-6(10)5-11-7(12)9(8(13)14)3-2-4-9/h1-5H2,(H,11,12)(H,13,14). The molecule has 1 rings (SSSR count). The van der Waals surface area contributed by atoms with Gasteiger partial charge >= 0.3 is 5.97 Å². The quantitative estimate of drug-likeness (QED) is 0.750. The van der Waals surface area contributed by atoms with E-state index < -0.39 is 17.3 Å². The molecule has 0 aromatic rings.